The number of aliphatic imine (C=N–C) groups is 1. The monoisotopic (exact) mass is 163 g/mol. The topological polar surface area (TPSA) is 37.1 Å². The highest BCUT2D eigenvalue weighted by molar-refractivity contribution is 5.57. The van der Waals surface area contributed by atoms with Gasteiger partial charge in [0.15, 0.2) is 0 Å². The molecule has 0 saturated heterocycles. The summed E-state index contributed by atoms with van der Waals surface area (Å²) in [6.45, 7) is 6.19. The fourth-order valence-electron chi connectivity index (χ4n) is 0.878. The van der Waals surface area contributed by atoms with E-state index in [2.05, 4.69) is 29.1 Å². The fraction of sp³-hybridized carbons (Fsp3) is 0.444. The van der Waals surface area contributed by atoms with Gasteiger partial charge < -0.3 is 0 Å². The number of rotatable bonds is 1. The maximum absolute atomic E-state index is 4.05. The maximum atomic E-state index is 4.05. The van der Waals surface area contributed by atoms with Crippen LogP contribution >= 0.6 is 0 Å². The molecule has 0 aliphatic carbocycles. The SMILES string of the molecule is CC1=CC(C(C)C)=CN=NC=N1. The van der Waals surface area contributed by atoms with Gasteiger partial charge in [-0.1, -0.05) is 13.8 Å². The lowest BCUT2D eigenvalue weighted by atomic mass is 10.0. The van der Waals surface area contributed by atoms with Crippen LogP contribution in [0.5, 0.6) is 0 Å². The Morgan fingerprint density at radius 1 is 1.25 bits per heavy atom. The second-order valence-corrected chi connectivity index (χ2v) is 3.05. The molecule has 0 aromatic heterocycles. The molecule has 0 atom stereocenters. The van der Waals surface area contributed by atoms with Crippen LogP contribution in [-0.4, -0.2) is 6.34 Å². The first kappa shape index (κ1) is 8.84. The minimum atomic E-state index is 0.465. The number of hydrogen-bond donors (Lipinski definition) is 0. The molecule has 12 heavy (non-hydrogen) atoms. The summed E-state index contributed by atoms with van der Waals surface area (Å²) in [6, 6.07) is 0. The zero-order valence-corrected chi connectivity index (χ0v) is 7.65. The van der Waals surface area contributed by atoms with Crippen molar-refractivity contribution in [1.82, 2.24) is 0 Å². The molecular weight excluding hydrogens is 150 g/mol. The van der Waals surface area contributed by atoms with Crippen molar-refractivity contribution in [1.29, 1.82) is 0 Å². The molecule has 0 saturated carbocycles. The standard InChI is InChI=1S/C9H13N3/c1-7(2)9-4-8(3)10-6-12-11-5-9/h4-7H,1-3H3. The van der Waals surface area contributed by atoms with E-state index in [1.165, 1.54) is 6.34 Å². The third kappa shape index (κ3) is 2.42. The second-order valence-electron chi connectivity index (χ2n) is 3.05. The average Bonchev–Trinajstić information content (AvgIpc) is 1.95. The van der Waals surface area contributed by atoms with Gasteiger partial charge in [0.2, 0.25) is 0 Å². The Hall–Kier alpha value is -1.25. The smallest absolute Gasteiger partial charge is 0.138 e. The van der Waals surface area contributed by atoms with Gasteiger partial charge in [0.25, 0.3) is 0 Å². The van der Waals surface area contributed by atoms with Crippen molar-refractivity contribution < 1.29 is 0 Å². The van der Waals surface area contributed by atoms with Crippen molar-refractivity contribution in [3.05, 3.63) is 23.5 Å². The van der Waals surface area contributed by atoms with E-state index in [1.807, 2.05) is 13.0 Å². The van der Waals surface area contributed by atoms with Crippen molar-refractivity contribution in [2.75, 3.05) is 0 Å². The summed E-state index contributed by atoms with van der Waals surface area (Å²) in [7, 11) is 0. The largest absolute Gasteiger partial charge is 0.240 e. The predicted molar refractivity (Wildman–Crippen MR) is 50.0 cm³/mol. The van der Waals surface area contributed by atoms with Gasteiger partial charge in [0.1, 0.15) is 6.34 Å². The highest BCUT2D eigenvalue weighted by Crippen LogP contribution is 2.14. The third-order valence-corrected chi connectivity index (χ3v) is 1.63. The van der Waals surface area contributed by atoms with E-state index in [9.17, 15) is 0 Å². The average molecular weight is 163 g/mol. The van der Waals surface area contributed by atoms with E-state index in [0.29, 0.717) is 5.92 Å². The third-order valence-electron chi connectivity index (χ3n) is 1.63. The molecule has 0 amide bonds. The molecule has 1 aliphatic heterocycles. The molecule has 0 radical (unpaired) electrons. The van der Waals surface area contributed by atoms with Crippen molar-refractivity contribution >= 4 is 6.34 Å². The van der Waals surface area contributed by atoms with Gasteiger partial charge in [0, 0.05) is 5.70 Å². The normalized spacial score (nSPS) is 17.0. The lowest BCUT2D eigenvalue weighted by Gasteiger charge is -2.05. The first-order valence-corrected chi connectivity index (χ1v) is 4.01. The van der Waals surface area contributed by atoms with Crippen LogP contribution in [0.2, 0.25) is 0 Å². The van der Waals surface area contributed by atoms with Gasteiger partial charge in [-0.15, -0.1) is 5.11 Å². The van der Waals surface area contributed by atoms with E-state index in [1.54, 1.807) is 6.20 Å². The van der Waals surface area contributed by atoms with Crippen LogP contribution in [0.1, 0.15) is 20.8 Å². The summed E-state index contributed by atoms with van der Waals surface area (Å²) in [4.78, 5) is 4.05. The summed E-state index contributed by atoms with van der Waals surface area (Å²) < 4.78 is 0. The Bertz CT molecular complexity index is 269. The van der Waals surface area contributed by atoms with Gasteiger partial charge in [-0.2, -0.15) is 5.11 Å². The Morgan fingerprint density at radius 3 is 2.67 bits per heavy atom. The Morgan fingerprint density at radius 2 is 2.00 bits per heavy atom. The molecule has 3 nitrogen and oxygen atoms in total. The van der Waals surface area contributed by atoms with Crippen molar-refractivity contribution in [2.24, 2.45) is 21.1 Å². The lowest BCUT2D eigenvalue weighted by molar-refractivity contribution is 0.784. The van der Waals surface area contributed by atoms with E-state index in [0.717, 1.165) is 11.3 Å². The van der Waals surface area contributed by atoms with Crippen LogP contribution in [0, 0.1) is 5.92 Å². The van der Waals surface area contributed by atoms with Crippen molar-refractivity contribution in [3.8, 4) is 0 Å². The van der Waals surface area contributed by atoms with E-state index in [-0.39, 0.29) is 0 Å². The first-order valence-electron chi connectivity index (χ1n) is 4.01. The number of allylic oxidation sites excluding steroid dienone is 3. The quantitative estimate of drug-likeness (QED) is 0.570. The van der Waals surface area contributed by atoms with Crippen LogP contribution in [0.4, 0.5) is 0 Å². The molecule has 1 heterocycles. The summed E-state index contributed by atoms with van der Waals surface area (Å²) >= 11 is 0. The van der Waals surface area contributed by atoms with Gasteiger partial charge >= 0.3 is 0 Å². The number of nitrogens with zero attached hydrogens (tertiary/aromatic N) is 3. The Labute approximate surface area is 72.6 Å². The zero-order chi connectivity index (χ0) is 8.97. The van der Waals surface area contributed by atoms with Crippen molar-refractivity contribution in [3.63, 3.8) is 0 Å². The molecule has 3 heteroatoms. The summed E-state index contributed by atoms with van der Waals surface area (Å²) in [5.41, 5.74) is 2.13. The van der Waals surface area contributed by atoms with E-state index < -0.39 is 0 Å². The molecule has 1 aliphatic rings. The van der Waals surface area contributed by atoms with Crippen LogP contribution in [0.25, 0.3) is 0 Å². The molecule has 0 spiro atoms. The molecule has 1 rings (SSSR count). The predicted octanol–water partition coefficient (Wildman–Crippen LogP) is 2.92. The maximum Gasteiger partial charge on any atom is 0.138 e. The van der Waals surface area contributed by atoms with Crippen LogP contribution in [0.15, 0.2) is 38.8 Å². The minimum Gasteiger partial charge on any atom is -0.240 e. The van der Waals surface area contributed by atoms with E-state index in [4.69, 9.17) is 0 Å². The molecule has 0 N–H and O–H groups in total. The first-order chi connectivity index (χ1) is 5.70. The summed E-state index contributed by atoms with van der Waals surface area (Å²) in [5, 5.41) is 7.57. The fourth-order valence-corrected chi connectivity index (χ4v) is 0.878. The van der Waals surface area contributed by atoms with Crippen LogP contribution in [0.3, 0.4) is 0 Å². The Kier molecular flexibility index (Phi) is 2.91. The zero-order valence-electron chi connectivity index (χ0n) is 7.65. The summed E-state index contributed by atoms with van der Waals surface area (Å²) in [5.74, 6) is 0.465. The second kappa shape index (κ2) is 3.95. The lowest BCUT2D eigenvalue weighted by Crippen LogP contribution is -1.91. The molecule has 0 bridgehead atoms. The van der Waals surface area contributed by atoms with E-state index >= 15 is 0 Å². The van der Waals surface area contributed by atoms with Crippen LogP contribution in [-0.2, 0) is 0 Å². The van der Waals surface area contributed by atoms with Crippen LogP contribution < -0.4 is 0 Å². The molecular formula is C9H13N3. The molecule has 0 fully saturated rings. The Balaban J connectivity index is 2.92. The van der Waals surface area contributed by atoms with Gasteiger partial charge in [-0.25, -0.2) is 4.99 Å². The molecule has 0 unspecified atom stereocenters. The van der Waals surface area contributed by atoms with Gasteiger partial charge in [-0.05, 0) is 24.5 Å². The summed E-state index contributed by atoms with van der Waals surface area (Å²) in [6.07, 6.45) is 5.26. The number of azo groups is 1. The van der Waals surface area contributed by atoms with Gasteiger partial charge in [-0.3, -0.25) is 0 Å². The number of hydrogen-bond acceptors (Lipinski definition) is 3. The van der Waals surface area contributed by atoms with Crippen molar-refractivity contribution in [2.45, 2.75) is 20.8 Å². The molecule has 0 aromatic carbocycles. The highest BCUT2D eigenvalue weighted by Gasteiger charge is 2.00. The molecule has 64 valence electrons. The highest BCUT2D eigenvalue weighted by atomic mass is 15.1. The molecule has 0 aromatic rings. The minimum absolute atomic E-state index is 0.465. The van der Waals surface area contributed by atoms with Gasteiger partial charge in [0.05, 0.1) is 6.20 Å².